The van der Waals surface area contributed by atoms with Gasteiger partial charge in [-0.3, -0.25) is 14.5 Å². The van der Waals surface area contributed by atoms with E-state index in [1.165, 1.54) is 6.07 Å². The molecule has 0 radical (unpaired) electrons. The maximum Gasteiger partial charge on any atom is 0.335 e. The zero-order valence-electron chi connectivity index (χ0n) is 25.2. The van der Waals surface area contributed by atoms with Gasteiger partial charge in [0.05, 0.1) is 11.7 Å². The van der Waals surface area contributed by atoms with Gasteiger partial charge in [-0.15, -0.1) is 12.4 Å². The Balaban J connectivity index is 0.00000442. The molecule has 1 spiro atoms. The van der Waals surface area contributed by atoms with Crippen LogP contribution in [0.1, 0.15) is 72.5 Å². The van der Waals surface area contributed by atoms with E-state index in [-0.39, 0.29) is 35.7 Å². The van der Waals surface area contributed by atoms with Crippen LogP contribution in [-0.2, 0) is 27.3 Å². The zero-order chi connectivity index (χ0) is 30.6. The van der Waals surface area contributed by atoms with E-state index in [0.717, 1.165) is 36.1 Å². The molecule has 3 aliphatic rings. The lowest BCUT2D eigenvalue weighted by molar-refractivity contribution is -0.166. The summed E-state index contributed by atoms with van der Waals surface area (Å²) in [5, 5.41) is 23.7. The number of likely N-dealkylation sites (tertiary alicyclic amines) is 1. The minimum Gasteiger partial charge on any atom is -0.478 e. The zero-order valence-corrected chi connectivity index (χ0v) is 26.7. The molecule has 2 aromatic rings. The summed E-state index contributed by atoms with van der Waals surface area (Å²) in [4.78, 5) is 42.8. The second-order valence-corrected chi connectivity index (χ2v) is 12.6. The number of aliphatic hydroxyl groups excluding tert-OH is 1. The Morgan fingerprint density at radius 1 is 1.09 bits per heavy atom. The molecule has 3 fully saturated rings. The third-order valence-corrected chi connectivity index (χ3v) is 9.74. The molecule has 2 atom stereocenters. The van der Waals surface area contributed by atoms with Gasteiger partial charge in [0.15, 0.2) is 0 Å². The summed E-state index contributed by atoms with van der Waals surface area (Å²) < 4.78 is 5.43. The molecule has 0 bridgehead atoms. The van der Waals surface area contributed by atoms with Crippen LogP contribution in [0.5, 0.6) is 0 Å². The minimum atomic E-state index is -1.00. The number of carbonyl (C=O) groups excluding carboxylic acids is 2. The molecule has 0 unspecified atom stereocenters. The summed E-state index contributed by atoms with van der Waals surface area (Å²) in [6.45, 7) is 5.83. The number of halogens is 2. The fourth-order valence-corrected chi connectivity index (χ4v) is 6.93. The number of hydrogen-bond donors (Lipinski definition) is 3. The standard InChI is InChI=1S/C33H42ClN3O6.ClH/c1-2-3-14-37-30(39)28(29(38)24-10-17-43-18-11-24)35-32(42)33(37)12-15-36(16-13-33)21-23-6-4-22(5-7-23)19-25-8-9-26(31(40)41)20-27(25)34;/h4-9,20,24,28-29,38H,2-3,10-19,21H2,1H3,(H,35,42)(H,40,41);1H/t28-,29-;/m1./s1. The van der Waals surface area contributed by atoms with E-state index in [1.54, 1.807) is 17.0 Å². The van der Waals surface area contributed by atoms with Crippen LogP contribution in [0.4, 0.5) is 0 Å². The fraction of sp³-hybridized carbons (Fsp3) is 0.545. The van der Waals surface area contributed by atoms with Crippen molar-refractivity contribution in [3.8, 4) is 0 Å². The first-order valence-electron chi connectivity index (χ1n) is 15.4. The van der Waals surface area contributed by atoms with Crippen molar-refractivity contribution in [3.63, 3.8) is 0 Å². The van der Waals surface area contributed by atoms with E-state index < -0.39 is 23.7 Å². The van der Waals surface area contributed by atoms with E-state index in [2.05, 4.69) is 41.4 Å². The topological polar surface area (TPSA) is 119 Å². The number of carboxylic acid groups (broad SMARTS) is 1. The average Bonchev–Trinajstić information content (AvgIpc) is 3.02. The van der Waals surface area contributed by atoms with Crippen LogP contribution >= 0.6 is 24.0 Å². The number of benzene rings is 2. The lowest BCUT2D eigenvalue weighted by Gasteiger charge is -2.52. The molecule has 0 aromatic heterocycles. The van der Waals surface area contributed by atoms with Gasteiger partial charge >= 0.3 is 5.97 Å². The molecular weight excluding hydrogens is 605 g/mol. The third-order valence-electron chi connectivity index (χ3n) is 9.39. The predicted molar refractivity (Wildman–Crippen MR) is 170 cm³/mol. The smallest absolute Gasteiger partial charge is 0.335 e. The van der Waals surface area contributed by atoms with Crippen LogP contribution < -0.4 is 5.32 Å². The van der Waals surface area contributed by atoms with Crippen molar-refractivity contribution in [3.05, 3.63) is 69.7 Å². The maximum absolute atomic E-state index is 13.8. The number of nitrogens with zero attached hydrogens (tertiary/aromatic N) is 2. The monoisotopic (exact) mass is 647 g/mol. The Morgan fingerprint density at radius 2 is 1.75 bits per heavy atom. The van der Waals surface area contributed by atoms with Crippen LogP contribution in [-0.4, -0.2) is 88.3 Å². The largest absolute Gasteiger partial charge is 0.478 e. The molecular formula is C33H43Cl2N3O6. The molecule has 0 aliphatic carbocycles. The second kappa shape index (κ2) is 15.1. The van der Waals surface area contributed by atoms with E-state index in [0.29, 0.717) is 70.0 Å². The van der Waals surface area contributed by atoms with Crippen molar-refractivity contribution in [2.45, 2.75) is 76.1 Å². The Bertz CT molecular complexity index is 1310. The lowest BCUT2D eigenvalue weighted by atomic mass is 9.79. The van der Waals surface area contributed by atoms with Gasteiger partial charge in [-0.1, -0.05) is 55.3 Å². The number of carbonyl (C=O) groups is 3. The number of aromatic carboxylic acids is 1. The minimum absolute atomic E-state index is 0. The van der Waals surface area contributed by atoms with E-state index in [4.69, 9.17) is 21.4 Å². The van der Waals surface area contributed by atoms with Crippen molar-refractivity contribution >= 4 is 41.8 Å². The Kier molecular flexibility index (Phi) is 11.7. The van der Waals surface area contributed by atoms with Crippen molar-refractivity contribution < 1.29 is 29.3 Å². The van der Waals surface area contributed by atoms with Gasteiger partial charge in [0, 0.05) is 44.4 Å². The van der Waals surface area contributed by atoms with Gasteiger partial charge < -0.3 is 25.2 Å². The summed E-state index contributed by atoms with van der Waals surface area (Å²) in [5.74, 6) is -1.36. The van der Waals surface area contributed by atoms with Crippen LogP contribution in [0.25, 0.3) is 0 Å². The molecule has 3 aliphatic heterocycles. The maximum atomic E-state index is 13.8. The first-order valence-corrected chi connectivity index (χ1v) is 15.8. The molecule has 3 heterocycles. The normalized spacial score (nSPS) is 21.5. The third kappa shape index (κ3) is 7.40. The Labute approximate surface area is 270 Å². The molecule has 44 heavy (non-hydrogen) atoms. The highest BCUT2D eigenvalue weighted by molar-refractivity contribution is 6.31. The van der Waals surface area contributed by atoms with Crippen molar-refractivity contribution in [1.29, 1.82) is 0 Å². The fourth-order valence-electron chi connectivity index (χ4n) is 6.68. The molecule has 240 valence electrons. The summed E-state index contributed by atoms with van der Waals surface area (Å²) in [6.07, 6.45) is 3.89. The van der Waals surface area contributed by atoms with Gasteiger partial charge in [0.2, 0.25) is 11.8 Å². The summed E-state index contributed by atoms with van der Waals surface area (Å²) in [5.41, 5.74) is 2.39. The molecule has 2 aromatic carbocycles. The highest BCUT2D eigenvalue weighted by Gasteiger charge is 2.55. The van der Waals surface area contributed by atoms with Crippen molar-refractivity contribution in [1.82, 2.24) is 15.1 Å². The van der Waals surface area contributed by atoms with E-state index >= 15 is 0 Å². The number of piperidine rings is 1. The van der Waals surface area contributed by atoms with Gasteiger partial charge in [0.1, 0.15) is 11.6 Å². The van der Waals surface area contributed by atoms with Gasteiger partial charge in [-0.2, -0.15) is 0 Å². The average molecular weight is 649 g/mol. The number of aliphatic hydroxyl groups is 1. The van der Waals surface area contributed by atoms with Crippen LogP contribution in [0, 0.1) is 5.92 Å². The van der Waals surface area contributed by atoms with Crippen molar-refractivity contribution in [2.24, 2.45) is 5.92 Å². The number of amides is 2. The Hall–Kier alpha value is -2.69. The predicted octanol–water partition coefficient (Wildman–Crippen LogP) is 4.30. The first-order chi connectivity index (χ1) is 20.7. The molecule has 5 rings (SSSR count). The number of hydrogen-bond acceptors (Lipinski definition) is 6. The van der Waals surface area contributed by atoms with Crippen LogP contribution in [0.2, 0.25) is 5.02 Å². The Morgan fingerprint density at radius 3 is 2.36 bits per heavy atom. The van der Waals surface area contributed by atoms with Crippen LogP contribution in [0.15, 0.2) is 42.5 Å². The number of ether oxygens (including phenoxy) is 1. The highest BCUT2D eigenvalue weighted by atomic mass is 35.5. The van der Waals surface area contributed by atoms with Crippen molar-refractivity contribution in [2.75, 3.05) is 32.8 Å². The summed E-state index contributed by atoms with van der Waals surface area (Å²) >= 11 is 6.32. The highest BCUT2D eigenvalue weighted by Crippen LogP contribution is 2.35. The molecule has 0 saturated carbocycles. The number of nitrogens with one attached hydrogen (secondary N) is 1. The summed E-state index contributed by atoms with van der Waals surface area (Å²) in [6, 6.07) is 12.2. The number of piperazine rings is 1. The lowest BCUT2D eigenvalue weighted by Crippen LogP contribution is -2.75. The van der Waals surface area contributed by atoms with E-state index in [1.807, 2.05) is 0 Å². The number of unbranched alkanes of at least 4 members (excludes halogenated alkanes) is 1. The number of rotatable bonds is 10. The molecule has 2 amide bonds. The molecule has 11 heteroatoms. The number of carboxylic acids is 1. The van der Waals surface area contributed by atoms with Crippen LogP contribution in [0.3, 0.4) is 0 Å². The molecule has 3 saturated heterocycles. The molecule has 3 N–H and O–H groups in total. The summed E-state index contributed by atoms with van der Waals surface area (Å²) in [7, 11) is 0. The molecule has 9 nitrogen and oxygen atoms in total. The second-order valence-electron chi connectivity index (χ2n) is 12.1. The first kappa shape index (κ1) is 34.2. The van der Waals surface area contributed by atoms with Gasteiger partial charge in [0.25, 0.3) is 0 Å². The van der Waals surface area contributed by atoms with E-state index in [9.17, 15) is 19.5 Å². The van der Waals surface area contributed by atoms with Gasteiger partial charge in [-0.05, 0) is 73.3 Å². The quantitative estimate of drug-likeness (QED) is 0.352. The van der Waals surface area contributed by atoms with Gasteiger partial charge in [-0.25, -0.2) is 4.79 Å². The SMILES string of the molecule is CCCCN1C(=O)[C@@H]([C@H](O)C2CCOCC2)NC(=O)C12CCN(Cc1ccc(Cc3ccc(C(=O)O)cc3Cl)cc1)CC2.Cl.